The molecule has 0 saturated heterocycles. The molecule has 0 radical (unpaired) electrons. The van der Waals surface area contributed by atoms with Crippen LogP contribution in [-0.2, 0) is 0 Å². The van der Waals surface area contributed by atoms with Gasteiger partial charge < -0.3 is 10.2 Å². The number of aromatic nitrogens is 1. The van der Waals surface area contributed by atoms with Crippen LogP contribution >= 0.6 is 34.5 Å². The van der Waals surface area contributed by atoms with Gasteiger partial charge in [0.15, 0.2) is 5.13 Å². The van der Waals surface area contributed by atoms with Gasteiger partial charge in [0.25, 0.3) is 0 Å². The van der Waals surface area contributed by atoms with Crippen LogP contribution in [0.1, 0.15) is 13.8 Å². The maximum Gasteiger partial charge on any atom is 0.187 e. The van der Waals surface area contributed by atoms with Gasteiger partial charge in [-0.1, -0.05) is 41.4 Å². The summed E-state index contributed by atoms with van der Waals surface area (Å²) in [6.07, 6.45) is 0. The van der Waals surface area contributed by atoms with E-state index in [1.165, 1.54) is 17.0 Å². The largest absolute Gasteiger partial charge is 0.372 e. The second-order valence-electron chi connectivity index (χ2n) is 5.48. The molecule has 0 amide bonds. The predicted molar refractivity (Wildman–Crippen MR) is 111 cm³/mol. The van der Waals surface area contributed by atoms with Gasteiger partial charge in [0, 0.05) is 29.7 Å². The van der Waals surface area contributed by atoms with Crippen molar-refractivity contribution in [2.24, 2.45) is 0 Å². The highest BCUT2D eigenvalue weighted by atomic mass is 35.5. The molecule has 1 aromatic heterocycles. The molecule has 0 aliphatic rings. The first-order chi connectivity index (χ1) is 12.1. The van der Waals surface area contributed by atoms with E-state index < -0.39 is 0 Å². The van der Waals surface area contributed by atoms with Crippen LogP contribution in [0.3, 0.4) is 0 Å². The maximum atomic E-state index is 6.20. The molecule has 130 valence electrons. The lowest BCUT2D eigenvalue weighted by atomic mass is 10.1. The summed E-state index contributed by atoms with van der Waals surface area (Å²) >= 11 is 13.9. The van der Waals surface area contributed by atoms with Crippen molar-refractivity contribution in [1.29, 1.82) is 0 Å². The Morgan fingerprint density at radius 1 is 1.00 bits per heavy atom. The molecular weight excluding hydrogens is 373 g/mol. The molecule has 0 unspecified atom stereocenters. The van der Waals surface area contributed by atoms with E-state index >= 15 is 0 Å². The van der Waals surface area contributed by atoms with Crippen LogP contribution in [0.5, 0.6) is 0 Å². The van der Waals surface area contributed by atoms with Crippen molar-refractivity contribution in [2.45, 2.75) is 13.8 Å². The molecule has 1 N–H and O–H groups in total. The van der Waals surface area contributed by atoms with E-state index in [1.54, 1.807) is 12.1 Å². The molecule has 6 heteroatoms. The minimum Gasteiger partial charge on any atom is -0.372 e. The normalized spacial score (nSPS) is 10.7. The minimum atomic E-state index is 0.577. The van der Waals surface area contributed by atoms with Crippen molar-refractivity contribution >= 4 is 51.0 Å². The third-order valence-corrected chi connectivity index (χ3v) is 5.38. The molecule has 0 atom stereocenters. The topological polar surface area (TPSA) is 28.2 Å². The number of benzene rings is 2. The predicted octanol–water partition coefficient (Wildman–Crippen LogP) is 6.71. The SMILES string of the molecule is CCN(CC)c1ccc(-c2csc(Nc3c(Cl)cccc3Cl)n2)cc1. The molecular formula is C19H19Cl2N3S. The summed E-state index contributed by atoms with van der Waals surface area (Å²) in [5.74, 6) is 0. The Morgan fingerprint density at radius 2 is 1.64 bits per heavy atom. The van der Waals surface area contributed by atoms with Gasteiger partial charge in [-0.2, -0.15) is 0 Å². The summed E-state index contributed by atoms with van der Waals surface area (Å²) in [6.45, 7) is 6.32. The molecule has 3 aromatic rings. The zero-order valence-corrected chi connectivity index (χ0v) is 16.4. The van der Waals surface area contributed by atoms with Crippen molar-refractivity contribution < 1.29 is 0 Å². The number of rotatable bonds is 6. The molecule has 1 heterocycles. The summed E-state index contributed by atoms with van der Waals surface area (Å²) in [5, 5.41) is 7.16. The molecule has 2 aromatic carbocycles. The van der Waals surface area contributed by atoms with Gasteiger partial charge in [-0.05, 0) is 38.1 Å². The Kier molecular flexibility index (Phi) is 5.84. The molecule has 3 rings (SSSR count). The fourth-order valence-corrected chi connectivity index (χ4v) is 3.84. The van der Waals surface area contributed by atoms with E-state index in [-0.39, 0.29) is 0 Å². The monoisotopic (exact) mass is 391 g/mol. The lowest BCUT2D eigenvalue weighted by Crippen LogP contribution is -2.21. The first-order valence-electron chi connectivity index (χ1n) is 8.14. The quantitative estimate of drug-likeness (QED) is 0.506. The van der Waals surface area contributed by atoms with Gasteiger partial charge >= 0.3 is 0 Å². The van der Waals surface area contributed by atoms with Crippen molar-refractivity contribution in [2.75, 3.05) is 23.3 Å². The summed E-state index contributed by atoms with van der Waals surface area (Å²) in [7, 11) is 0. The number of anilines is 3. The number of hydrogen-bond acceptors (Lipinski definition) is 4. The Balaban J connectivity index is 1.79. The second kappa shape index (κ2) is 8.09. The van der Waals surface area contributed by atoms with Crippen LogP contribution in [0.25, 0.3) is 11.3 Å². The Labute approximate surface area is 162 Å². The van der Waals surface area contributed by atoms with E-state index in [9.17, 15) is 0 Å². The third kappa shape index (κ3) is 4.09. The third-order valence-electron chi connectivity index (χ3n) is 3.99. The summed E-state index contributed by atoms with van der Waals surface area (Å²) in [6, 6.07) is 13.9. The van der Waals surface area contributed by atoms with E-state index in [1.807, 2.05) is 11.4 Å². The molecule has 0 fully saturated rings. The minimum absolute atomic E-state index is 0.577. The van der Waals surface area contributed by atoms with Crippen LogP contribution in [0.15, 0.2) is 47.8 Å². The van der Waals surface area contributed by atoms with Crippen LogP contribution in [-0.4, -0.2) is 18.1 Å². The van der Waals surface area contributed by atoms with Crippen molar-refractivity contribution in [3.05, 3.63) is 57.9 Å². The maximum absolute atomic E-state index is 6.20. The standard InChI is InChI=1S/C19H19Cl2N3S/c1-3-24(4-2)14-10-8-13(9-11-14)17-12-25-19(22-17)23-18-15(20)6-5-7-16(18)21/h5-12H,3-4H2,1-2H3,(H,22,23). The van der Waals surface area contributed by atoms with Crippen LogP contribution in [0.2, 0.25) is 10.0 Å². The van der Waals surface area contributed by atoms with Gasteiger partial charge in [0.05, 0.1) is 21.4 Å². The molecule has 0 saturated carbocycles. The molecule has 3 nitrogen and oxygen atoms in total. The highest BCUT2D eigenvalue weighted by Crippen LogP contribution is 2.35. The van der Waals surface area contributed by atoms with Gasteiger partial charge in [-0.25, -0.2) is 4.98 Å². The van der Waals surface area contributed by atoms with Crippen molar-refractivity contribution in [3.8, 4) is 11.3 Å². The molecule has 25 heavy (non-hydrogen) atoms. The molecule has 0 spiro atoms. The fourth-order valence-electron chi connectivity index (χ4n) is 2.62. The first kappa shape index (κ1) is 18.1. The first-order valence-corrected chi connectivity index (χ1v) is 9.77. The Morgan fingerprint density at radius 3 is 2.24 bits per heavy atom. The van der Waals surface area contributed by atoms with Crippen LogP contribution in [0, 0.1) is 0 Å². The van der Waals surface area contributed by atoms with E-state index in [2.05, 4.69) is 53.3 Å². The average molecular weight is 392 g/mol. The van der Waals surface area contributed by atoms with Crippen molar-refractivity contribution in [1.82, 2.24) is 4.98 Å². The zero-order valence-electron chi connectivity index (χ0n) is 14.1. The Hall–Kier alpha value is -1.75. The summed E-state index contributed by atoms with van der Waals surface area (Å²) < 4.78 is 0. The smallest absolute Gasteiger partial charge is 0.187 e. The van der Waals surface area contributed by atoms with E-state index in [0.717, 1.165) is 29.5 Å². The highest BCUT2D eigenvalue weighted by molar-refractivity contribution is 7.14. The molecule has 0 aliphatic heterocycles. The van der Waals surface area contributed by atoms with Crippen molar-refractivity contribution in [3.63, 3.8) is 0 Å². The van der Waals surface area contributed by atoms with E-state index in [4.69, 9.17) is 23.2 Å². The molecule has 0 aliphatic carbocycles. The van der Waals surface area contributed by atoms with Gasteiger partial charge in [-0.15, -0.1) is 11.3 Å². The lowest BCUT2D eigenvalue weighted by molar-refractivity contribution is 0.866. The summed E-state index contributed by atoms with van der Waals surface area (Å²) in [5.41, 5.74) is 3.93. The van der Waals surface area contributed by atoms with Gasteiger partial charge in [0.2, 0.25) is 0 Å². The zero-order chi connectivity index (χ0) is 17.8. The fraction of sp³-hybridized carbons (Fsp3) is 0.211. The lowest BCUT2D eigenvalue weighted by Gasteiger charge is -2.20. The number of thiazole rings is 1. The number of nitrogens with one attached hydrogen (secondary N) is 1. The second-order valence-corrected chi connectivity index (χ2v) is 7.15. The highest BCUT2D eigenvalue weighted by Gasteiger charge is 2.10. The van der Waals surface area contributed by atoms with E-state index in [0.29, 0.717) is 15.7 Å². The number of hydrogen-bond donors (Lipinski definition) is 1. The number of para-hydroxylation sites is 1. The summed E-state index contributed by atoms with van der Waals surface area (Å²) in [4.78, 5) is 6.97. The van der Waals surface area contributed by atoms with Gasteiger partial charge in [-0.3, -0.25) is 0 Å². The number of halogens is 2. The Bertz CT molecular complexity index is 822. The molecule has 0 bridgehead atoms. The van der Waals surface area contributed by atoms with Gasteiger partial charge in [0.1, 0.15) is 0 Å². The average Bonchev–Trinajstić information content (AvgIpc) is 3.09. The van der Waals surface area contributed by atoms with Crippen LogP contribution < -0.4 is 10.2 Å². The van der Waals surface area contributed by atoms with Crippen LogP contribution in [0.4, 0.5) is 16.5 Å². The number of nitrogens with zero attached hydrogens (tertiary/aromatic N) is 2.